The number of hydrogen-bond donors (Lipinski definition) is 3. The van der Waals surface area contributed by atoms with Crippen molar-refractivity contribution in [2.75, 3.05) is 15.4 Å². The number of carbonyl (C=O) groups excluding carboxylic acids is 1. The van der Waals surface area contributed by atoms with E-state index in [-0.39, 0.29) is 4.90 Å². The Morgan fingerprint density at radius 3 is 2.32 bits per heavy atom. The van der Waals surface area contributed by atoms with Crippen LogP contribution in [0.25, 0.3) is 11.0 Å². The number of anilines is 4. The second kappa shape index (κ2) is 12.8. The predicted molar refractivity (Wildman–Crippen MR) is 177 cm³/mol. The van der Waals surface area contributed by atoms with Crippen LogP contribution in [0.2, 0.25) is 0 Å². The van der Waals surface area contributed by atoms with Crippen LogP contribution < -0.4 is 15.4 Å². The largest absolute Gasteiger partial charge is 0.444 e. The van der Waals surface area contributed by atoms with Gasteiger partial charge < -0.3 is 10.1 Å². The smallest absolute Gasteiger partial charge is 0.412 e. The first kappa shape index (κ1) is 31.2. The molecule has 0 aliphatic heterocycles. The van der Waals surface area contributed by atoms with Gasteiger partial charge in [-0.05, 0) is 107 Å². The van der Waals surface area contributed by atoms with Gasteiger partial charge in [0.15, 0.2) is 5.65 Å². The predicted octanol–water partition coefficient (Wildman–Crippen LogP) is 8.14. The molecule has 3 aromatic carbocycles. The zero-order valence-corrected chi connectivity index (χ0v) is 27.5. The van der Waals surface area contributed by atoms with Crippen LogP contribution in [0.15, 0.2) is 104 Å². The molecular weight excluding hydrogens is 664 g/mol. The molecule has 3 N–H and O–H groups in total. The van der Waals surface area contributed by atoms with Crippen molar-refractivity contribution in [3.8, 4) is 0 Å². The van der Waals surface area contributed by atoms with Gasteiger partial charge in [0.1, 0.15) is 17.7 Å². The van der Waals surface area contributed by atoms with E-state index < -0.39 is 21.7 Å². The minimum atomic E-state index is -3.92. The van der Waals surface area contributed by atoms with Crippen molar-refractivity contribution in [1.29, 1.82) is 0 Å². The van der Waals surface area contributed by atoms with Gasteiger partial charge in [-0.15, -0.1) is 0 Å². The summed E-state index contributed by atoms with van der Waals surface area (Å²) in [6.45, 7) is 7.28. The number of fused-ring (bicyclic) bond motifs is 1. The highest BCUT2D eigenvalue weighted by Crippen LogP contribution is 2.38. The highest BCUT2D eigenvalue weighted by Gasteiger charge is 2.19. The minimum Gasteiger partial charge on any atom is -0.444 e. The standard InChI is InChI=1S/C31H29BrN6O4S2/c1-19-5-15-25-28(35-19)33-18-34-29(25)37-26-17-24(44(40,41)38-22-8-6-20(32)7-9-22)14-16-27(26)43-23-12-10-21(11-13-23)36-30(39)42-31(2,3)4/h5-18,38H,1-4H3,(H,36,39)(H,33,34,35,37). The number of halogens is 1. The molecule has 0 aliphatic carbocycles. The van der Waals surface area contributed by atoms with Crippen LogP contribution >= 0.6 is 27.7 Å². The van der Waals surface area contributed by atoms with Gasteiger partial charge in [-0.3, -0.25) is 10.0 Å². The summed E-state index contributed by atoms with van der Waals surface area (Å²) >= 11 is 4.78. The van der Waals surface area contributed by atoms with Crippen molar-refractivity contribution < 1.29 is 17.9 Å². The Kier molecular flexibility index (Phi) is 9.09. The van der Waals surface area contributed by atoms with Crippen LogP contribution in [0.4, 0.5) is 27.7 Å². The molecule has 0 aliphatic rings. The topological polar surface area (TPSA) is 135 Å². The lowest BCUT2D eigenvalue weighted by Crippen LogP contribution is -2.27. The third-order valence-electron chi connectivity index (χ3n) is 5.97. The lowest BCUT2D eigenvalue weighted by atomic mass is 10.2. The van der Waals surface area contributed by atoms with Crippen molar-refractivity contribution in [2.24, 2.45) is 0 Å². The second-order valence-corrected chi connectivity index (χ2v) is 14.4. The minimum absolute atomic E-state index is 0.0662. The van der Waals surface area contributed by atoms with Gasteiger partial charge in [-0.25, -0.2) is 28.2 Å². The Labute approximate surface area is 268 Å². The summed E-state index contributed by atoms with van der Waals surface area (Å²) < 4.78 is 35.6. The third-order valence-corrected chi connectivity index (χ3v) is 8.97. The third kappa shape index (κ3) is 8.04. The van der Waals surface area contributed by atoms with Crippen molar-refractivity contribution in [3.63, 3.8) is 0 Å². The Hall–Kier alpha value is -4.20. The fourth-order valence-corrected chi connectivity index (χ4v) is 6.24. The average Bonchev–Trinajstić information content (AvgIpc) is 2.95. The maximum atomic E-state index is 13.4. The van der Waals surface area contributed by atoms with Crippen molar-refractivity contribution in [2.45, 2.75) is 48.0 Å². The molecule has 0 fully saturated rings. The summed E-state index contributed by atoms with van der Waals surface area (Å²) in [6, 6.07) is 22.7. The van der Waals surface area contributed by atoms with E-state index in [2.05, 4.69) is 46.2 Å². The number of sulfonamides is 1. The van der Waals surface area contributed by atoms with Crippen molar-refractivity contribution in [1.82, 2.24) is 15.0 Å². The first-order valence-corrected chi connectivity index (χ1v) is 16.5. The summed E-state index contributed by atoms with van der Waals surface area (Å²) in [5.41, 5.74) is 2.26. The van der Waals surface area contributed by atoms with E-state index in [4.69, 9.17) is 4.74 Å². The number of pyridine rings is 1. The number of rotatable bonds is 8. The summed E-state index contributed by atoms with van der Waals surface area (Å²) in [4.78, 5) is 27.0. The molecule has 2 heterocycles. The van der Waals surface area contributed by atoms with Crippen molar-refractivity contribution in [3.05, 3.63) is 95.4 Å². The summed E-state index contributed by atoms with van der Waals surface area (Å²) in [5, 5.41) is 6.72. The number of benzene rings is 3. The average molecular weight is 694 g/mol. The number of amides is 1. The van der Waals surface area contributed by atoms with Crippen LogP contribution in [0, 0.1) is 6.92 Å². The van der Waals surface area contributed by atoms with Gasteiger partial charge in [0.05, 0.1) is 16.0 Å². The summed E-state index contributed by atoms with van der Waals surface area (Å²) in [7, 11) is -3.92. The van der Waals surface area contributed by atoms with E-state index in [0.29, 0.717) is 33.9 Å². The number of hydrogen-bond acceptors (Lipinski definition) is 9. The van der Waals surface area contributed by atoms with E-state index in [1.54, 1.807) is 75.4 Å². The van der Waals surface area contributed by atoms with Gasteiger partial charge in [-0.2, -0.15) is 0 Å². The van der Waals surface area contributed by atoms with Crippen LogP contribution in [-0.2, 0) is 14.8 Å². The monoisotopic (exact) mass is 692 g/mol. The first-order valence-electron chi connectivity index (χ1n) is 13.4. The molecule has 2 aromatic heterocycles. The molecule has 0 bridgehead atoms. The molecule has 5 aromatic rings. The summed E-state index contributed by atoms with van der Waals surface area (Å²) in [6.07, 6.45) is 0.871. The maximum absolute atomic E-state index is 13.4. The molecule has 13 heteroatoms. The molecule has 10 nitrogen and oxygen atoms in total. The van der Waals surface area contributed by atoms with E-state index in [0.717, 1.165) is 20.0 Å². The molecule has 0 spiro atoms. The number of nitrogens with zero attached hydrogens (tertiary/aromatic N) is 3. The molecule has 0 unspecified atom stereocenters. The molecule has 0 radical (unpaired) electrons. The number of nitrogens with one attached hydrogen (secondary N) is 3. The van der Waals surface area contributed by atoms with Crippen LogP contribution in [0.5, 0.6) is 0 Å². The van der Waals surface area contributed by atoms with E-state index in [1.807, 2.05) is 31.2 Å². The Morgan fingerprint density at radius 2 is 1.61 bits per heavy atom. The highest BCUT2D eigenvalue weighted by molar-refractivity contribution is 9.10. The van der Waals surface area contributed by atoms with Gasteiger partial charge in [-0.1, -0.05) is 27.7 Å². The maximum Gasteiger partial charge on any atom is 0.412 e. The van der Waals surface area contributed by atoms with Gasteiger partial charge in [0.2, 0.25) is 0 Å². The Balaban J connectivity index is 1.46. The SMILES string of the molecule is Cc1ccc2c(Nc3cc(S(=O)(=O)Nc4ccc(Br)cc4)ccc3Sc3ccc(NC(=O)OC(C)(C)C)cc3)ncnc2n1. The lowest BCUT2D eigenvalue weighted by Gasteiger charge is -2.19. The molecule has 0 atom stereocenters. The van der Waals surface area contributed by atoms with Crippen molar-refractivity contribution >= 4 is 77.7 Å². The first-order chi connectivity index (χ1) is 20.8. The molecule has 1 amide bonds. The molecule has 226 valence electrons. The number of aromatic nitrogens is 3. The van der Waals surface area contributed by atoms with E-state index >= 15 is 0 Å². The normalized spacial score (nSPS) is 11.7. The fraction of sp³-hybridized carbons (Fsp3) is 0.161. The highest BCUT2D eigenvalue weighted by atomic mass is 79.9. The Morgan fingerprint density at radius 1 is 0.909 bits per heavy atom. The quantitative estimate of drug-likeness (QED) is 0.147. The van der Waals surface area contributed by atoms with Crippen LogP contribution in [-0.4, -0.2) is 35.1 Å². The van der Waals surface area contributed by atoms with Crippen LogP contribution in [0.1, 0.15) is 26.5 Å². The fourth-order valence-electron chi connectivity index (χ4n) is 4.01. The molecule has 0 saturated carbocycles. The zero-order valence-electron chi connectivity index (χ0n) is 24.3. The second-order valence-electron chi connectivity index (χ2n) is 10.7. The van der Waals surface area contributed by atoms with Crippen LogP contribution in [0.3, 0.4) is 0 Å². The molecule has 5 rings (SSSR count). The Bertz CT molecular complexity index is 1930. The molecular formula is C31H29BrN6O4S2. The van der Waals surface area contributed by atoms with Gasteiger partial charge in [0, 0.05) is 31.3 Å². The number of ether oxygens (including phenoxy) is 1. The van der Waals surface area contributed by atoms with Gasteiger partial charge in [0.25, 0.3) is 10.0 Å². The lowest BCUT2D eigenvalue weighted by molar-refractivity contribution is 0.0636. The zero-order chi connectivity index (χ0) is 31.5. The number of aryl methyl sites for hydroxylation is 1. The number of carbonyl (C=O) groups is 1. The van der Waals surface area contributed by atoms with E-state index in [9.17, 15) is 13.2 Å². The van der Waals surface area contributed by atoms with Gasteiger partial charge >= 0.3 is 6.09 Å². The molecule has 44 heavy (non-hydrogen) atoms. The summed E-state index contributed by atoms with van der Waals surface area (Å²) in [5.74, 6) is 0.483. The molecule has 0 saturated heterocycles. The van der Waals surface area contributed by atoms with E-state index in [1.165, 1.54) is 18.1 Å².